The van der Waals surface area contributed by atoms with Gasteiger partial charge in [0.2, 0.25) is 0 Å². The maximum Gasteiger partial charge on any atom is 1.00 e. The van der Waals surface area contributed by atoms with Gasteiger partial charge in [0, 0.05) is 13.1 Å². The quantitative estimate of drug-likeness (QED) is 0.331. The van der Waals surface area contributed by atoms with Gasteiger partial charge in [-0.1, -0.05) is 12.2 Å². The van der Waals surface area contributed by atoms with Crippen LogP contribution in [0.1, 0.15) is 32.1 Å². The average molecular weight is 273 g/mol. The van der Waals surface area contributed by atoms with Gasteiger partial charge in [0.1, 0.15) is 0 Å². The summed E-state index contributed by atoms with van der Waals surface area (Å²) in [6.07, 6.45) is 5.67. The molecule has 2 aliphatic rings. The Morgan fingerprint density at radius 2 is 2.05 bits per heavy atom. The third-order valence-corrected chi connectivity index (χ3v) is 4.10. The van der Waals surface area contributed by atoms with E-state index in [0.717, 1.165) is 45.6 Å². The number of rotatable bonds is 6. The molecule has 2 rings (SSSR count). The Morgan fingerprint density at radius 3 is 2.65 bits per heavy atom. The Bertz CT molecular complexity index is 277. The summed E-state index contributed by atoms with van der Waals surface area (Å²) in [6, 6.07) is 0. The Kier molecular flexibility index (Phi) is 8.91. The van der Waals surface area contributed by atoms with Gasteiger partial charge in [0.25, 0.3) is 0 Å². The summed E-state index contributed by atoms with van der Waals surface area (Å²) in [7, 11) is 0. The molecular formula is C15H26LiN2O2-. The summed E-state index contributed by atoms with van der Waals surface area (Å²) < 4.78 is 5.74. The van der Waals surface area contributed by atoms with E-state index < -0.39 is 0 Å². The number of hydrogen-bond acceptors (Lipinski definition) is 4. The van der Waals surface area contributed by atoms with Crippen molar-refractivity contribution in [3.8, 4) is 0 Å². The molecule has 0 aromatic heterocycles. The fourth-order valence-corrected chi connectivity index (χ4v) is 2.94. The Morgan fingerprint density at radius 1 is 1.30 bits per heavy atom. The number of ether oxygens (including phenoxy) is 1. The van der Waals surface area contributed by atoms with Gasteiger partial charge >= 0.3 is 18.9 Å². The van der Waals surface area contributed by atoms with Gasteiger partial charge in [-0.15, -0.1) is 6.61 Å². The van der Waals surface area contributed by atoms with Gasteiger partial charge in [-0.3, -0.25) is 4.90 Å². The van der Waals surface area contributed by atoms with Crippen LogP contribution in [-0.2, 0) is 4.74 Å². The van der Waals surface area contributed by atoms with E-state index in [1.807, 2.05) is 0 Å². The number of piperidine rings is 2. The third-order valence-electron chi connectivity index (χ3n) is 4.10. The minimum absolute atomic E-state index is 0. The maximum atomic E-state index is 11.3. The van der Waals surface area contributed by atoms with Crippen molar-refractivity contribution in [2.45, 2.75) is 38.2 Å². The molecule has 2 aliphatic heterocycles. The van der Waals surface area contributed by atoms with E-state index in [1.54, 1.807) is 0 Å². The van der Waals surface area contributed by atoms with E-state index in [4.69, 9.17) is 11.3 Å². The second-order valence-electron chi connectivity index (χ2n) is 5.71. The summed E-state index contributed by atoms with van der Waals surface area (Å²) in [4.78, 5) is 2.33. The van der Waals surface area contributed by atoms with Gasteiger partial charge in [0.15, 0.2) is 0 Å². The molecule has 2 unspecified atom stereocenters. The molecule has 20 heavy (non-hydrogen) atoms. The minimum atomic E-state index is -0.292. The second-order valence-corrected chi connectivity index (χ2v) is 5.71. The predicted molar refractivity (Wildman–Crippen MR) is 73.4 cm³/mol. The first-order valence-corrected chi connectivity index (χ1v) is 7.59. The first-order valence-electron chi connectivity index (χ1n) is 7.59. The van der Waals surface area contributed by atoms with Crippen molar-refractivity contribution in [2.75, 3.05) is 39.3 Å². The Labute approximate surface area is 135 Å². The van der Waals surface area contributed by atoms with Crippen LogP contribution in [0.4, 0.5) is 0 Å². The van der Waals surface area contributed by atoms with Crippen molar-refractivity contribution in [2.24, 2.45) is 5.92 Å². The van der Waals surface area contributed by atoms with E-state index in [0.29, 0.717) is 5.76 Å². The molecule has 1 N–H and O–H groups in total. The van der Waals surface area contributed by atoms with Crippen LogP contribution in [0.2, 0.25) is 0 Å². The van der Waals surface area contributed by atoms with Crippen LogP contribution in [0.3, 0.4) is 0 Å². The average Bonchev–Trinajstić information content (AvgIpc) is 2.48. The van der Waals surface area contributed by atoms with Crippen LogP contribution in [0.25, 0.3) is 0 Å². The molecule has 2 atom stereocenters. The summed E-state index contributed by atoms with van der Waals surface area (Å²) >= 11 is 0. The fourth-order valence-electron chi connectivity index (χ4n) is 2.94. The van der Waals surface area contributed by atoms with Gasteiger partial charge in [-0.05, 0) is 51.2 Å². The van der Waals surface area contributed by atoms with Crippen molar-refractivity contribution < 1.29 is 28.7 Å². The summed E-state index contributed by atoms with van der Waals surface area (Å²) in [5.74, 6) is 0.828. The largest absolute Gasteiger partial charge is 1.00 e. The maximum absolute atomic E-state index is 11.3. The predicted octanol–water partition coefficient (Wildman–Crippen LogP) is -2.46. The van der Waals surface area contributed by atoms with Crippen LogP contribution in [-0.4, -0.2) is 50.3 Å². The van der Waals surface area contributed by atoms with Crippen LogP contribution in [0.15, 0.2) is 5.76 Å². The van der Waals surface area contributed by atoms with Gasteiger partial charge < -0.3 is 21.7 Å². The van der Waals surface area contributed by atoms with Crippen molar-refractivity contribution in [3.05, 3.63) is 12.3 Å². The summed E-state index contributed by atoms with van der Waals surface area (Å²) in [5.41, 5.74) is 0. The number of nitrogens with zero attached hydrogens (tertiary/aromatic N) is 1. The van der Waals surface area contributed by atoms with Crippen LogP contribution < -0.4 is 29.3 Å². The minimum Gasteiger partial charge on any atom is -0.852 e. The van der Waals surface area contributed by atoms with Crippen molar-refractivity contribution >= 4 is 0 Å². The van der Waals surface area contributed by atoms with Gasteiger partial charge in [-0.25, -0.2) is 0 Å². The van der Waals surface area contributed by atoms with E-state index >= 15 is 0 Å². The molecule has 2 heterocycles. The molecule has 0 aliphatic carbocycles. The molecule has 0 aromatic carbocycles. The molecule has 0 aromatic rings. The normalized spacial score (nSPS) is 25.6. The molecule has 0 amide bonds. The van der Waals surface area contributed by atoms with E-state index in [1.165, 1.54) is 19.3 Å². The first-order chi connectivity index (χ1) is 9.29. The molecule has 0 bridgehead atoms. The van der Waals surface area contributed by atoms with Crippen LogP contribution in [0.5, 0.6) is 0 Å². The number of likely N-dealkylation sites (tertiary alicyclic amines) is 1. The topological polar surface area (TPSA) is 47.6 Å². The third kappa shape index (κ3) is 5.79. The standard InChI is InChI=1S/C15H26N2O2.Li/c1-13(14-6-5-7-16-10-14)19-15(12-18)11-17-8-3-2-4-9-17;/h1,14-16H,2-12H2;/q-2;+1. The molecule has 2 fully saturated rings. The van der Waals surface area contributed by atoms with E-state index in [-0.39, 0.29) is 37.5 Å². The van der Waals surface area contributed by atoms with Gasteiger partial charge in [-0.2, -0.15) is 0 Å². The molecular weight excluding hydrogens is 247 g/mol. The van der Waals surface area contributed by atoms with Crippen molar-refractivity contribution in [1.29, 1.82) is 0 Å². The smallest absolute Gasteiger partial charge is 0.852 e. The second kappa shape index (κ2) is 9.86. The SMILES string of the molecule is [CH-]=C(OC(C[O-])CN1CCCCC1)C1CCCNC1.[Li+]. The number of nitrogens with one attached hydrogen (secondary N) is 1. The zero-order chi connectivity index (χ0) is 13.5. The zero-order valence-electron chi connectivity index (χ0n) is 12.8. The molecule has 0 radical (unpaired) electrons. The van der Waals surface area contributed by atoms with Crippen LogP contribution in [0, 0.1) is 12.5 Å². The zero-order valence-corrected chi connectivity index (χ0v) is 12.8. The summed E-state index contributed by atoms with van der Waals surface area (Å²) in [5, 5.41) is 14.6. The molecule has 4 nitrogen and oxygen atoms in total. The van der Waals surface area contributed by atoms with Crippen LogP contribution >= 0.6 is 0 Å². The number of hydrogen-bond donors (Lipinski definition) is 1. The van der Waals surface area contributed by atoms with Crippen molar-refractivity contribution in [1.82, 2.24) is 10.2 Å². The van der Waals surface area contributed by atoms with E-state index in [2.05, 4.69) is 10.2 Å². The Balaban J connectivity index is 0.00000200. The molecule has 0 spiro atoms. The molecule has 0 saturated carbocycles. The molecule has 2 saturated heterocycles. The Hall–Kier alpha value is 0.0174. The van der Waals surface area contributed by atoms with E-state index in [9.17, 15) is 5.11 Å². The van der Waals surface area contributed by atoms with Crippen molar-refractivity contribution in [3.63, 3.8) is 0 Å². The summed E-state index contributed by atoms with van der Waals surface area (Å²) in [6.45, 7) is 10.7. The van der Waals surface area contributed by atoms with Gasteiger partial charge in [0.05, 0.1) is 6.10 Å². The first kappa shape index (κ1) is 18.1. The molecule has 110 valence electrons. The monoisotopic (exact) mass is 273 g/mol. The molecule has 5 heteroatoms. The fraction of sp³-hybridized carbons (Fsp3) is 0.867.